The Kier molecular flexibility index (Phi) is 10.8. The summed E-state index contributed by atoms with van der Waals surface area (Å²) in [4.78, 5) is 10.1. The van der Waals surface area contributed by atoms with Crippen LogP contribution in [0, 0.1) is 0 Å². The van der Waals surface area contributed by atoms with Crippen molar-refractivity contribution < 1.29 is 92.6 Å². The van der Waals surface area contributed by atoms with Crippen LogP contribution in [0.5, 0.6) is 0 Å². The maximum absolute atomic E-state index is 10.1. The van der Waals surface area contributed by atoms with Gasteiger partial charge in [-0.3, -0.25) is 0 Å². The molecule has 0 aliphatic carbocycles. The smallest absolute Gasteiger partial charge is 0.547 e. The van der Waals surface area contributed by atoms with Crippen LogP contribution in [0.3, 0.4) is 0 Å². The number of rotatable bonds is 2. The molecule has 1 aromatic carbocycles. The van der Waals surface area contributed by atoms with Crippen molar-refractivity contribution in [2.24, 2.45) is 0 Å². The molecular formula is C8H7KO3Zr. The minimum Gasteiger partial charge on any atom is -0.547 e. The number of carboxylic acids is 1. The summed E-state index contributed by atoms with van der Waals surface area (Å²) >= 11 is 0. The molecule has 3 nitrogen and oxygen atoms in total. The summed E-state index contributed by atoms with van der Waals surface area (Å²) in [6, 6.07) is 8.11. The second-order valence-corrected chi connectivity index (χ2v) is 2.13. The summed E-state index contributed by atoms with van der Waals surface area (Å²) in [5, 5.41) is 19.1. The Bertz CT molecular complexity index is 253. The molecule has 62 valence electrons. The maximum atomic E-state index is 10.1. The van der Waals surface area contributed by atoms with Gasteiger partial charge < -0.3 is 15.0 Å². The summed E-state index contributed by atoms with van der Waals surface area (Å²) in [6.07, 6.45) is -1.52. The predicted octanol–water partition coefficient (Wildman–Crippen LogP) is -3.53. The summed E-state index contributed by atoms with van der Waals surface area (Å²) in [7, 11) is 0. The van der Waals surface area contributed by atoms with Gasteiger partial charge in [-0.1, -0.05) is 30.3 Å². The fraction of sp³-hybridized carbons (Fsp3) is 0.125. The molecule has 0 spiro atoms. The molecule has 1 aromatic rings. The number of hydrogen-bond donors (Lipinski definition) is 1. The van der Waals surface area contributed by atoms with E-state index in [1.807, 2.05) is 0 Å². The van der Waals surface area contributed by atoms with Crippen molar-refractivity contribution in [1.29, 1.82) is 0 Å². The topological polar surface area (TPSA) is 60.4 Å². The number of carboxylic acid groups (broad SMARTS) is 1. The van der Waals surface area contributed by atoms with Crippen molar-refractivity contribution >= 4 is 5.97 Å². The number of carbonyl (C=O) groups is 1. The number of aliphatic hydroxyl groups excluding tert-OH is 1. The third-order valence-corrected chi connectivity index (χ3v) is 1.34. The van der Waals surface area contributed by atoms with Crippen molar-refractivity contribution in [3.8, 4) is 0 Å². The minimum absolute atomic E-state index is 0. The van der Waals surface area contributed by atoms with Crippen LogP contribution in [-0.2, 0) is 31.0 Å². The van der Waals surface area contributed by atoms with Gasteiger partial charge in [0, 0.05) is 26.2 Å². The Morgan fingerprint density at radius 1 is 1.31 bits per heavy atom. The summed E-state index contributed by atoms with van der Waals surface area (Å²) in [5.41, 5.74) is 0.340. The number of aliphatic carboxylic acids is 1. The summed E-state index contributed by atoms with van der Waals surface area (Å²) in [6.45, 7) is 0. The molecule has 0 bridgehead atoms. The van der Waals surface area contributed by atoms with Gasteiger partial charge in [0.1, 0.15) is 6.10 Å². The molecule has 0 fully saturated rings. The quantitative estimate of drug-likeness (QED) is 0.572. The molecule has 1 rings (SSSR count). The zero-order valence-electron chi connectivity index (χ0n) is 7.23. The number of benzene rings is 1. The molecule has 0 amide bonds. The SMILES string of the molecule is O=C([O-])C(O)c1ccccc1.[K+].[Zr]. The third kappa shape index (κ3) is 5.57. The van der Waals surface area contributed by atoms with E-state index < -0.39 is 12.1 Å². The normalized spacial score (nSPS) is 10.5. The number of carbonyl (C=O) groups excluding carboxylic acids is 1. The molecule has 1 unspecified atom stereocenters. The number of aliphatic hydroxyl groups is 1. The van der Waals surface area contributed by atoms with E-state index in [2.05, 4.69) is 0 Å². The Labute approximate surface area is 138 Å². The Balaban J connectivity index is 0. The molecule has 0 saturated heterocycles. The van der Waals surface area contributed by atoms with Gasteiger partial charge in [-0.15, -0.1) is 0 Å². The Morgan fingerprint density at radius 2 is 1.77 bits per heavy atom. The van der Waals surface area contributed by atoms with Gasteiger partial charge in [0.15, 0.2) is 0 Å². The van der Waals surface area contributed by atoms with Gasteiger partial charge in [-0.25, -0.2) is 0 Å². The minimum atomic E-state index is -1.52. The second kappa shape index (κ2) is 8.48. The molecule has 0 aliphatic heterocycles. The average Bonchev–Trinajstić information content (AvgIpc) is 2.05. The van der Waals surface area contributed by atoms with Crippen LogP contribution in [0.25, 0.3) is 0 Å². The standard InChI is InChI=1S/C8H8O3.K.Zr/c9-7(8(10)11)6-4-2-1-3-5-6;;/h1-5,7,9H,(H,10,11);;/q;+1;/p-1. The van der Waals surface area contributed by atoms with E-state index in [-0.39, 0.29) is 77.6 Å². The van der Waals surface area contributed by atoms with Gasteiger partial charge in [0.05, 0.1) is 5.97 Å². The van der Waals surface area contributed by atoms with Crippen LogP contribution in [-0.4, -0.2) is 11.1 Å². The molecule has 1 atom stereocenters. The Hall–Kier alpha value is 1.17. The van der Waals surface area contributed by atoms with E-state index in [0.717, 1.165) is 0 Å². The Morgan fingerprint density at radius 3 is 2.15 bits per heavy atom. The molecule has 13 heavy (non-hydrogen) atoms. The largest absolute Gasteiger partial charge is 1.00 e. The van der Waals surface area contributed by atoms with E-state index in [0.29, 0.717) is 5.56 Å². The maximum Gasteiger partial charge on any atom is 1.00 e. The van der Waals surface area contributed by atoms with Gasteiger partial charge in [0.25, 0.3) is 0 Å². The summed E-state index contributed by atoms with van der Waals surface area (Å²) < 4.78 is 0. The predicted molar refractivity (Wildman–Crippen MR) is 36.4 cm³/mol. The molecule has 0 heterocycles. The van der Waals surface area contributed by atoms with Gasteiger partial charge in [-0.2, -0.15) is 0 Å². The molecule has 0 aliphatic rings. The van der Waals surface area contributed by atoms with Gasteiger partial charge in [-0.05, 0) is 5.56 Å². The van der Waals surface area contributed by atoms with E-state index in [4.69, 9.17) is 5.11 Å². The van der Waals surface area contributed by atoms with Crippen molar-refractivity contribution in [2.45, 2.75) is 6.10 Å². The van der Waals surface area contributed by atoms with Crippen LogP contribution in [0.2, 0.25) is 0 Å². The van der Waals surface area contributed by atoms with Crippen molar-refractivity contribution in [1.82, 2.24) is 0 Å². The van der Waals surface area contributed by atoms with Crippen molar-refractivity contribution in [3.63, 3.8) is 0 Å². The monoisotopic (exact) mass is 280 g/mol. The van der Waals surface area contributed by atoms with Crippen molar-refractivity contribution in [3.05, 3.63) is 35.9 Å². The molecule has 1 N–H and O–H groups in total. The first-order chi connectivity index (χ1) is 5.22. The first-order valence-corrected chi connectivity index (χ1v) is 3.15. The second-order valence-electron chi connectivity index (χ2n) is 2.13. The zero-order valence-corrected chi connectivity index (χ0v) is 12.8. The first kappa shape index (κ1) is 16.6. The average molecular weight is 281 g/mol. The zero-order chi connectivity index (χ0) is 8.27. The molecule has 0 saturated carbocycles. The van der Waals surface area contributed by atoms with E-state index in [1.165, 1.54) is 12.1 Å². The molecule has 0 radical (unpaired) electrons. The van der Waals surface area contributed by atoms with Gasteiger partial charge in [0.2, 0.25) is 0 Å². The van der Waals surface area contributed by atoms with E-state index >= 15 is 0 Å². The van der Waals surface area contributed by atoms with E-state index in [1.54, 1.807) is 18.2 Å². The fourth-order valence-corrected chi connectivity index (χ4v) is 0.771. The van der Waals surface area contributed by atoms with Gasteiger partial charge >= 0.3 is 51.4 Å². The molecule has 0 aromatic heterocycles. The molecular weight excluding hydrogens is 274 g/mol. The van der Waals surface area contributed by atoms with Crippen LogP contribution in [0.1, 0.15) is 11.7 Å². The number of hydrogen-bond acceptors (Lipinski definition) is 3. The van der Waals surface area contributed by atoms with Crippen LogP contribution < -0.4 is 56.5 Å². The third-order valence-electron chi connectivity index (χ3n) is 1.34. The van der Waals surface area contributed by atoms with E-state index in [9.17, 15) is 9.90 Å². The first-order valence-electron chi connectivity index (χ1n) is 3.15. The van der Waals surface area contributed by atoms with Crippen LogP contribution in [0.15, 0.2) is 30.3 Å². The van der Waals surface area contributed by atoms with Crippen molar-refractivity contribution in [2.75, 3.05) is 0 Å². The fourth-order valence-electron chi connectivity index (χ4n) is 0.771. The summed E-state index contributed by atoms with van der Waals surface area (Å²) in [5.74, 6) is -1.48. The van der Waals surface area contributed by atoms with Crippen LogP contribution in [0.4, 0.5) is 0 Å². The van der Waals surface area contributed by atoms with Crippen LogP contribution >= 0.6 is 0 Å². The molecule has 5 heteroatoms.